The Morgan fingerprint density at radius 1 is 1.44 bits per heavy atom. The molecule has 2 aromatic rings. The number of nitrogens with one attached hydrogen (secondary N) is 1. The Kier molecular flexibility index (Phi) is 3.33. The molecule has 0 atom stereocenters. The van der Waals surface area contributed by atoms with E-state index in [9.17, 15) is 0 Å². The van der Waals surface area contributed by atoms with Gasteiger partial charge in [0.15, 0.2) is 10.4 Å². The molecular formula is C12H20N4OS. The molecule has 0 spiro atoms. The van der Waals surface area contributed by atoms with Crippen molar-refractivity contribution in [3.63, 3.8) is 0 Å². The molecule has 18 heavy (non-hydrogen) atoms. The van der Waals surface area contributed by atoms with Gasteiger partial charge in [-0.05, 0) is 39.9 Å². The summed E-state index contributed by atoms with van der Waals surface area (Å²) in [4.78, 5) is 3.25. The van der Waals surface area contributed by atoms with E-state index >= 15 is 0 Å². The highest BCUT2D eigenvalue weighted by Gasteiger charge is 2.26. The zero-order chi connectivity index (χ0) is 13.5. The lowest BCUT2D eigenvalue weighted by Crippen LogP contribution is -2.32. The van der Waals surface area contributed by atoms with Gasteiger partial charge in [-0.3, -0.25) is 4.57 Å². The molecule has 0 fully saturated rings. The van der Waals surface area contributed by atoms with Crippen molar-refractivity contribution in [2.75, 3.05) is 13.7 Å². The summed E-state index contributed by atoms with van der Waals surface area (Å²) >= 11 is 5.45. The Labute approximate surface area is 112 Å². The average Bonchev–Trinajstić information content (AvgIpc) is 2.76. The van der Waals surface area contributed by atoms with Gasteiger partial charge in [-0.2, -0.15) is 5.10 Å². The average molecular weight is 268 g/mol. The van der Waals surface area contributed by atoms with E-state index in [-0.39, 0.29) is 5.54 Å². The third kappa shape index (κ3) is 1.89. The van der Waals surface area contributed by atoms with Crippen LogP contribution >= 0.6 is 12.2 Å². The van der Waals surface area contributed by atoms with Gasteiger partial charge in [0.05, 0.1) is 17.8 Å². The Bertz CT molecular complexity index is 620. The summed E-state index contributed by atoms with van der Waals surface area (Å²) in [7, 11) is 1.71. The number of aromatic nitrogens is 4. The van der Waals surface area contributed by atoms with Gasteiger partial charge in [0.1, 0.15) is 5.52 Å². The van der Waals surface area contributed by atoms with E-state index in [4.69, 9.17) is 17.0 Å². The quantitative estimate of drug-likeness (QED) is 0.867. The van der Waals surface area contributed by atoms with E-state index in [1.807, 2.05) is 11.6 Å². The number of ether oxygens (including phenoxy) is 1. The third-order valence-corrected chi connectivity index (χ3v) is 3.43. The van der Waals surface area contributed by atoms with Crippen LogP contribution in [-0.4, -0.2) is 33.0 Å². The minimum Gasteiger partial charge on any atom is -0.382 e. The fraction of sp³-hybridized carbons (Fsp3) is 0.667. The second kappa shape index (κ2) is 4.51. The Hall–Kier alpha value is -1.14. The predicted octanol–water partition coefficient (Wildman–Crippen LogP) is 2.61. The fourth-order valence-electron chi connectivity index (χ4n) is 2.40. The summed E-state index contributed by atoms with van der Waals surface area (Å²) in [6, 6.07) is 0. The van der Waals surface area contributed by atoms with E-state index in [1.165, 1.54) is 0 Å². The molecule has 0 radical (unpaired) electrons. The van der Waals surface area contributed by atoms with Gasteiger partial charge in [0.2, 0.25) is 0 Å². The summed E-state index contributed by atoms with van der Waals surface area (Å²) in [6.45, 7) is 9.72. The zero-order valence-corrected chi connectivity index (χ0v) is 12.4. The molecule has 2 aromatic heterocycles. The summed E-state index contributed by atoms with van der Waals surface area (Å²) in [5.74, 6) is 0. The first-order chi connectivity index (χ1) is 8.42. The highest BCUT2D eigenvalue weighted by Crippen LogP contribution is 2.25. The Morgan fingerprint density at radius 3 is 2.67 bits per heavy atom. The number of aromatic amines is 1. The molecule has 0 saturated carbocycles. The van der Waals surface area contributed by atoms with Crippen molar-refractivity contribution in [2.45, 2.75) is 39.8 Å². The van der Waals surface area contributed by atoms with Crippen molar-refractivity contribution in [3.05, 3.63) is 10.5 Å². The fourth-order valence-corrected chi connectivity index (χ4v) is 2.84. The van der Waals surface area contributed by atoms with E-state index < -0.39 is 0 Å². The molecule has 0 saturated heterocycles. The maximum atomic E-state index is 5.45. The van der Waals surface area contributed by atoms with Crippen LogP contribution < -0.4 is 0 Å². The van der Waals surface area contributed by atoms with Crippen molar-refractivity contribution in [1.82, 2.24) is 19.3 Å². The summed E-state index contributed by atoms with van der Waals surface area (Å²) in [6.07, 6.45) is 0. The topological polar surface area (TPSA) is 47.8 Å². The molecule has 6 heteroatoms. The molecule has 0 aromatic carbocycles. The Morgan fingerprint density at radius 2 is 2.11 bits per heavy atom. The Balaban J connectivity index is 2.77. The van der Waals surface area contributed by atoms with Crippen LogP contribution in [0.25, 0.3) is 11.2 Å². The third-order valence-electron chi connectivity index (χ3n) is 3.15. The first kappa shape index (κ1) is 13.3. The second-order valence-corrected chi connectivity index (χ2v) is 5.50. The van der Waals surface area contributed by atoms with Gasteiger partial charge >= 0.3 is 0 Å². The molecule has 2 rings (SSSR count). The standard InChI is InChI=1S/C12H20N4OS/c1-6-15-10-9(8(2)14-15)13-11(18)16(10)12(3,4)7-17-5/h6-7H2,1-5H3,(H,13,18). The predicted molar refractivity (Wildman–Crippen MR) is 74.5 cm³/mol. The monoisotopic (exact) mass is 268 g/mol. The van der Waals surface area contributed by atoms with Crippen LogP contribution in [0.2, 0.25) is 0 Å². The van der Waals surface area contributed by atoms with E-state index in [0.717, 1.165) is 28.2 Å². The van der Waals surface area contributed by atoms with Crippen molar-refractivity contribution in [3.8, 4) is 0 Å². The first-order valence-electron chi connectivity index (χ1n) is 6.10. The molecule has 5 nitrogen and oxygen atoms in total. The van der Waals surface area contributed by atoms with Crippen molar-refractivity contribution < 1.29 is 4.74 Å². The van der Waals surface area contributed by atoms with E-state index in [1.54, 1.807) is 7.11 Å². The molecule has 100 valence electrons. The number of methoxy groups -OCH3 is 1. The maximum Gasteiger partial charge on any atom is 0.179 e. The van der Waals surface area contributed by atoms with Crippen LogP contribution in [0, 0.1) is 11.7 Å². The second-order valence-electron chi connectivity index (χ2n) is 5.11. The smallest absolute Gasteiger partial charge is 0.179 e. The van der Waals surface area contributed by atoms with Crippen LogP contribution in [0.15, 0.2) is 0 Å². The van der Waals surface area contributed by atoms with Gasteiger partial charge in [-0.25, -0.2) is 4.68 Å². The van der Waals surface area contributed by atoms with Gasteiger partial charge in [0, 0.05) is 13.7 Å². The summed E-state index contributed by atoms with van der Waals surface area (Å²) in [5, 5.41) is 4.52. The number of hydrogen-bond acceptors (Lipinski definition) is 3. The van der Waals surface area contributed by atoms with Gasteiger partial charge in [0.25, 0.3) is 0 Å². The van der Waals surface area contributed by atoms with Gasteiger partial charge in [-0.1, -0.05) is 0 Å². The molecule has 0 aliphatic carbocycles. The molecule has 0 amide bonds. The molecule has 1 N–H and O–H groups in total. The highest BCUT2D eigenvalue weighted by atomic mass is 32.1. The van der Waals surface area contributed by atoms with Crippen LogP contribution in [0.4, 0.5) is 0 Å². The largest absolute Gasteiger partial charge is 0.382 e. The van der Waals surface area contributed by atoms with E-state index in [0.29, 0.717) is 6.61 Å². The number of aryl methyl sites for hydroxylation is 2. The van der Waals surface area contributed by atoms with Crippen molar-refractivity contribution in [1.29, 1.82) is 0 Å². The van der Waals surface area contributed by atoms with Gasteiger partial charge < -0.3 is 9.72 Å². The lowest BCUT2D eigenvalue weighted by Gasteiger charge is -2.26. The highest BCUT2D eigenvalue weighted by molar-refractivity contribution is 7.71. The molecular weight excluding hydrogens is 248 g/mol. The summed E-state index contributed by atoms with van der Waals surface area (Å²) in [5.41, 5.74) is 2.83. The van der Waals surface area contributed by atoms with Crippen LogP contribution in [0.1, 0.15) is 26.5 Å². The van der Waals surface area contributed by atoms with Crippen LogP contribution in [0.3, 0.4) is 0 Å². The number of H-pyrrole nitrogens is 1. The van der Waals surface area contributed by atoms with Crippen LogP contribution in [-0.2, 0) is 16.8 Å². The molecule has 2 heterocycles. The molecule has 0 aliphatic rings. The molecule has 0 aliphatic heterocycles. The zero-order valence-electron chi connectivity index (χ0n) is 11.6. The lowest BCUT2D eigenvalue weighted by molar-refractivity contribution is 0.110. The minimum absolute atomic E-state index is 0.205. The van der Waals surface area contributed by atoms with Crippen molar-refractivity contribution in [2.24, 2.45) is 0 Å². The SMILES string of the molecule is CCn1nc(C)c2[nH]c(=S)n(C(C)(C)COC)c21. The normalized spacial score (nSPS) is 12.5. The lowest BCUT2D eigenvalue weighted by atomic mass is 10.1. The van der Waals surface area contributed by atoms with Gasteiger partial charge in [-0.15, -0.1) is 0 Å². The minimum atomic E-state index is -0.205. The summed E-state index contributed by atoms with van der Waals surface area (Å²) < 4.78 is 10.1. The number of rotatable bonds is 4. The first-order valence-corrected chi connectivity index (χ1v) is 6.50. The maximum absolute atomic E-state index is 5.45. The molecule has 0 unspecified atom stereocenters. The number of fused-ring (bicyclic) bond motifs is 1. The number of hydrogen-bond donors (Lipinski definition) is 1. The van der Waals surface area contributed by atoms with E-state index in [2.05, 4.69) is 35.4 Å². The number of imidazole rings is 1. The molecule has 0 bridgehead atoms. The number of nitrogens with zero attached hydrogens (tertiary/aromatic N) is 3. The van der Waals surface area contributed by atoms with Crippen LogP contribution in [0.5, 0.6) is 0 Å². The van der Waals surface area contributed by atoms with Crippen molar-refractivity contribution >= 4 is 23.4 Å².